The zero-order valence-electron chi connectivity index (χ0n) is 15.4. The standard InChI is InChI=1S/C16H34N4O3/c1-7-8-9-13(10-18-15(21)23-16(3,4)5)20-14(17)19-12(2)11-22-6/h12-13H,7-11H2,1-6H3,(H,18,21)(H3,17,19,20). The molecular weight excluding hydrogens is 296 g/mol. The number of carbonyl (C=O) groups is 1. The number of guanidine groups is 1. The van der Waals surface area contributed by atoms with Crippen LogP contribution < -0.4 is 16.4 Å². The van der Waals surface area contributed by atoms with E-state index in [-0.39, 0.29) is 12.1 Å². The number of nitrogens with one attached hydrogen (secondary N) is 2. The van der Waals surface area contributed by atoms with Gasteiger partial charge in [-0.1, -0.05) is 19.8 Å². The normalized spacial score (nSPS) is 15.0. The average Bonchev–Trinajstić information content (AvgIpc) is 2.40. The maximum Gasteiger partial charge on any atom is 0.407 e. The molecule has 2 atom stereocenters. The van der Waals surface area contributed by atoms with Crippen LogP contribution in [0.15, 0.2) is 4.99 Å². The van der Waals surface area contributed by atoms with E-state index in [0.717, 1.165) is 19.3 Å². The van der Waals surface area contributed by atoms with E-state index in [1.165, 1.54) is 0 Å². The second kappa shape index (κ2) is 11.1. The lowest BCUT2D eigenvalue weighted by Gasteiger charge is -2.21. The molecule has 4 N–H and O–H groups in total. The van der Waals surface area contributed by atoms with Gasteiger partial charge in [0.2, 0.25) is 0 Å². The number of rotatable bonds is 9. The Morgan fingerprint density at radius 3 is 2.52 bits per heavy atom. The molecule has 7 heteroatoms. The molecule has 0 aromatic rings. The molecule has 7 nitrogen and oxygen atoms in total. The number of methoxy groups -OCH3 is 1. The Labute approximate surface area is 140 Å². The first kappa shape index (κ1) is 21.5. The highest BCUT2D eigenvalue weighted by atomic mass is 16.6. The number of aliphatic imine (C=N–C) groups is 1. The van der Waals surface area contributed by atoms with Gasteiger partial charge in [-0.15, -0.1) is 0 Å². The predicted octanol–water partition coefficient (Wildman–Crippen LogP) is 2.01. The van der Waals surface area contributed by atoms with Crippen molar-refractivity contribution in [3.63, 3.8) is 0 Å². The minimum atomic E-state index is -0.511. The Hall–Kier alpha value is -1.50. The van der Waals surface area contributed by atoms with Crippen molar-refractivity contribution < 1.29 is 14.3 Å². The molecule has 136 valence electrons. The number of alkyl carbamates (subject to hydrolysis) is 1. The third kappa shape index (κ3) is 12.7. The van der Waals surface area contributed by atoms with Gasteiger partial charge in [-0.05, 0) is 34.1 Å². The van der Waals surface area contributed by atoms with Crippen LogP contribution in [0, 0.1) is 0 Å². The van der Waals surface area contributed by atoms with Crippen molar-refractivity contribution in [2.24, 2.45) is 10.7 Å². The zero-order chi connectivity index (χ0) is 17.9. The van der Waals surface area contributed by atoms with Crippen molar-refractivity contribution in [2.45, 2.75) is 71.6 Å². The van der Waals surface area contributed by atoms with Gasteiger partial charge in [-0.3, -0.25) is 0 Å². The van der Waals surface area contributed by atoms with E-state index in [1.807, 2.05) is 27.7 Å². The fourth-order valence-electron chi connectivity index (χ4n) is 1.95. The lowest BCUT2D eigenvalue weighted by molar-refractivity contribution is 0.0524. The molecule has 1 amide bonds. The monoisotopic (exact) mass is 330 g/mol. The van der Waals surface area contributed by atoms with Crippen molar-refractivity contribution in [3.05, 3.63) is 0 Å². The number of hydrogen-bond acceptors (Lipinski definition) is 4. The molecule has 0 rings (SSSR count). The van der Waals surface area contributed by atoms with Crippen LogP contribution in [0.5, 0.6) is 0 Å². The Morgan fingerprint density at radius 1 is 1.35 bits per heavy atom. The zero-order valence-corrected chi connectivity index (χ0v) is 15.4. The average molecular weight is 330 g/mol. The minimum Gasteiger partial charge on any atom is -0.444 e. The first-order chi connectivity index (χ1) is 10.7. The Kier molecular flexibility index (Phi) is 10.4. The number of nitrogens with two attached hydrogens (primary N) is 1. The van der Waals surface area contributed by atoms with E-state index >= 15 is 0 Å². The molecule has 0 saturated heterocycles. The summed E-state index contributed by atoms with van der Waals surface area (Å²) < 4.78 is 10.3. The maximum atomic E-state index is 11.7. The molecule has 0 bridgehead atoms. The quantitative estimate of drug-likeness (QED) is 0.444. The van der Waals surface area contributed by atoms with Gasteiger partial charge in [0.05, 0.1) is 12.6 Å². The summed E-state index contributed by atoms with van der Waals surface area (Å²) in [5.41, 5.74) is 5.41. The van der Waals surface area contributed by atoms with Crippen LogP contribution >= 0.6 is 0 Å². The van der Waals surface area contributed by atoms with Gasteiger partial charge < -0.3 is 25.8 Å². The van der Waals surface area contributed by atoms with Crippen LogP contribution in [0.1, 0.15) is 53.9 Å². The van der Waals surface area contributed by atoms with Gasteiger partial charge in [0.25, 0.3) is 0 Å². The minimum absolute atomic E-state index is 0.0781. The summed E-state index contributed by atoms with van der Waals surface area (Å²) in [6, 6.07) is -0.000830. The van der Waals surface area contributed by atoms with Gasteiger partial charge in [0.1, 0.15) is 5.60 Å². The summed E-state index contributed by atoms with van der Waals surface area (Å²) in [5.74, 6) is 0.363. The molecule has 0 spiro atoms. The molecule has 0 aliphatic heterocycles. The van der Waals surface area contributed by atoms with Gasteiger partial charge in [-0.2, -0.15) is 0 Å². The highest BCUT2D eigenvalue weighted by Gasteiger charge is 2.17. The van der Waals surface area contributed by atoms with Crippen LogP contribution in [-0.2, 0) is 9.47 Å². The second-order valence-corrected chi connectivity index (χ2v) is 6.69. The lowest BCUT2D eigenvalue weighted by atomic mass is 10.1. The summed E-state index contributed by atoms with van der Waals surface area (Å²) in [6.07, 6.45) is 2.50. The molecular formula is C16H34N4O3. The molecule has 0 aromatic heterocycles. The van der Waals surface area contributed by atoms with Crippen molar-refractivity contribution >= 4 is 12.1 Å². The van der Waals surface area contributed by atoms with Crippen LogP contribution in [0.2, 0.25) is 0 Å². The van der Waals surface area contributed by atoms with E-state index in [0.29, 0.717) is 19.1 Å². The topological polar surface area (TPSA) is 98.0 Å². The number of hydrogen-bond donors (Lipinski definition) is 3. The fourth-order valence-corrected chi connectivity index (χ4v) is 1.95. The molecule has 0 radical (unpaired) electrons. The summed E-state index contributed by atoms with van der Waals surface area (Å²) >= 11 is 0. The molecule has 0 aliphatic carbocycles. The van der Waals surface area contributed by atoms with Crippen LogP contribution in [-0.4, -0.2) is 50.0 Å². The van der Waals surface area contributed by atoms with E-state index in [1.54, 1.807) is 7.11 Å². The molecule has 0 heterocycles. The van der Waals surface area contributed by atoms with Crippen molar-refractivity contribution in [3.8, 4) is 0 Å². The Bertz CT molecular complexity index is 367. The summed E-state index contributed by atoms with van der Waals surface area (Å²) in [7, 11) is 1.64. The SMILES string of the molecule is CCCCC(CNC(=O)OC(C)(C)C)N=C(N)NC(C)COC. The maximum absolute atomic E-state index is 11.7. The van der Waals surface area contributed by atoms with Gasteiger partial charge >= 0.3 is 6.09 Å². The molecule has 23 heavy (non-hydrogen) atoms. The number of amides is 1. The Balaban J connectivity index is 4.53. The van der Waals surface area contributed by atoms with Gasteiger partial charge in [0.15, 0.2) is 5.96 Å². The smallest absolute Gasteiger partial charge is 0.407 e. The fraction of sp³-hybridized carbons (Fsp3) is 0.875. The summed E-state index contributed by atoms with van der Waals surface area (Å²) in [5, 5.41) is 5.83. The van der Waals surface area contributed by atoms with Crippen molar-refractivity contribution in [1.82, 2.24) is 10.6 Å². The first-order valence-corrected chi connectivity index (χ1v) is 8.23. The third-order valence-corrected chi connectivity index (χ3v) is 2.90. The summed E-state index contributed by atoms with van der Waals surface area (Å²) in [6.45, 7) is 10.5. The third-order valence-electron chi connectivity index (χ3n) is 2.90. The number of carbonyl (C=O) groups excluding carboxylic acids is 1. The second-order valence-electron chi connectivity index (χ2n) is 6.69. The summed E-state index contributed by atoms with van der Waals surface area (Å²) in [4.78, 5) is 16.2. The highest BCUT2D eigenvalue weighted by molar-refractivity contribution is 5.78. The van der Waals surface area contributed by atoms with Crippen LogP contribution in [0.3, 0.4) is 0 Å². The number of ether oxygens (including phenoxy) is 2. The molecule has 0 aliphatic rings. The number of unbranched alkanes of at least 4 members (excludes halogenated alkanes) is 1. The molecule has 0 fully saturated rings. The van der Waals surface area contributed by atoms with Gasteiger partial charge in [0, 0.05) is 19.7 Å². The van der Waals surface area contributed by atoms with E-state index < -0.39 is 11.7 Å². The highest BCUT2D eigenvalue weighted by Crippen LogP contribution is 2.08. The Morgan fingerprint density at radius 2 is 2.00 bits per heavy atom. The number of nitrogens with zero attached hydrogens (tertiary/aromatic N) is 1. The lowest BCUT2D eigenvalue weighted by Crippen LogP contribution is -2.43. The van der Waals surface area contributed by atoms with E-state index in [2.05, 4.69) is 22.5 Å². The van der Waals surface area contributed by atoms with Crippen LogP contribution in [0.25, 0.3) is 0 Å². The van der Waals surface area contributed by atoms with Crippen molar-refractivity contribution in [1.29, 1.82) is 0 Å². The van der Waals surface area contributed by atoms with Gasteiger partial charge in [-0.25, -0.2) is 9.79 Å². The predicted molar refractivity (Wildman–Crippen MR) is 93.6 cm³/mol. The first-order valence-electron chi connectivity index (χ1n) is 8.23. The largest absolute Gasteiger partial charge is 0.444 e. The molecule has 0 saturated carbocycles. The van der Waals surface area contributed by atoms with Crippen molar-refractivity contribution in [2.75, 3.05) is 20.3 Å². The van der Waals surface area contributed by atoms with Crippen LogP contribution in [0.4, 0.5) is 4.79 Å². The van der Waals surface area contributed by atoms with E-state index in [9.17, 15) is 4.79 Å². The molecule has 0 aromatic carbocycles. The molecule has 2 unspecified atom stereocenters. The van der Waals surface area contributed by atoms with E-state index in [4.69, 9.17) is 15.2 Å².